The molecule has 0 bridgehead atoms. The molecule has 2 aromatic heterocycles. The van der Waals surface area contributed by atoms with Gasteiger partial charge in [0.2, 0.25) is 5.91 Å². The molecule has 3 heterocycles. The van der Waals surface area contributed by atoms with Gasteiger partial charge >= 0.3 is 0 Å². The van der Waals surface area contributed by atoms with Crippen molar-refractivity contribution >= 4 is 29.2 Å². The molecule has 34 heavy (non-hydrogen) atoms. The molecule has 1 saturated heterocycles. The van der Waals surface area contributed by atoms with Gasteiger partial charge in [0.15, 0.2) is 5.82 Å². The first-order valence-electron chi connectivity index (χ1n) is 10.5. The van der Waals surface area contributed by atoms with Gasteiger partial charge in [-0.05, 0) is 49.2 Å². The minimum absolute atomic E-state index is 0.0891. The fourth-order valence-corrected chi connectivity index (χ4v) is 4.07. The van der Waals surface area contributed by atoms with Gasteiger partial charge in [-0.25, -0.2) is 14.1 Å². The monoisotopic (exact) mass is 484 g/mol. The molecule has 4 N–H and O–H groups in total. The Morgan fingerprint density at radius 2 is 2.03 bits per heavy atom. The maximum Gasteiger partial charge on any atom is 0.255 e. The largest absolute Gasteiger partial charge is 0.436 e. The van der Waals surface area contributed by atoms with E-state index in [1.807, 2.05) is 0 Å². The first-order valence-corrected chi connectivity index (χ1v) is 10.8. The molecule has 3 aromatic rings. The number of anilines is 1. The Morgan fingerprint density at radius 3 is 2.68 bits per heavy atom. The molecule has 0 unspecified atom stereocenters. The number of carbonyl (C=O) groups is 2. The summed E-state index contributed by atoms with van der Waals surface area (Å²) in [6.07, 6.45) is 4.03. The smallest absolute Gasteiger partial charge is 0.255 e. The molecule has 4 rings (SSSR count). The van der Waals surface area contributed by atoms with Crippen molar-refractivity contribution in [1.29, 1.82) is 0 Å². The molecule has 9 nitrogen and oxygen atoms in total. The number of aromatic nitrogens is 3. The van der Waals surface area contributed by atoms with Gasteiger partial charge in [0, 0.05) is 24.8 Å². The lowest BCUT2D eigenvalue weighted by Gasteiger charge is -2.32. The summed E-state index contributed by atoms with van der Waals surface area (Å²) in [5.74, 6) is -1.37. The number of carbonyl (C=O) groups excluding carboxylic acids is 2. The highest BCUT2D eigenvalue weighted by molar-refractivity contribution is 6.30. The van der Waals surface area contributed by atoms with Crippen molar-refractivity contribution in [3.05, 3.63) is 65.6 Å². The van der Waals surface area contributed by atoms with Crippen LogP contribution < -0.4 is 16.2 Å². The third kappa shape index (κ3) is 4.58. The molecule has 2 amide bonds. The van der Waals surface area contributed by atoms with Crippen molar-refractivity contribution in [3.63, 3.8) is 0 Å². The summed E-state index contributed by atoms with van der Waals surface area (Å²) >= 11 is 5.71. The number of nitrogens with two attached hydrogens (primary N) is 2. The molecule has 176 valence electrons. The summed E-state index contributed by atoms with van der Waals surface area (Å²) in [5, 5.41) is 4.74. The van der Waals surface area contributed by atoms with E-state index in [1.165, 1.54) is 12.3 Å². The second kappa shape index (κ2) is 9.52. The van der Waals surface area contributed by atoms with Crippen LogP contribution in [-0.2, 0) is 4.79 Å². The summed E-state index contributed by atoms with van der Waals surface area (Å²) in [6, 6.07) is 7.34. The standard InChI is InChI=1S/C23H22ClFN6O3/c1-2-18(32)30-9-3-4-15(12-30)31-21(26)19(22(27)33)20(29-31)13-5-7-16(8-6-13)34-23-17(25)10-14(24)11-28-23/h2,5-8,10-11,15H,1,3-4,9,12,26H2,(H2,27,33)/t15-/m1/s1. The predicted octanol–water partition coefficient (Wildman–Crippen LogP) is 3.56. The number of rotatable bonds is 6. The molecule has 0 aliphatic carbocycles. The lowest BCUT2D eigenvalue weighted by atomic mass is 10.1. The Balaban J connectivity index is 1.63. The van der Waals surface area contributed by atoms with E-state index in [2.05, 4.69) is 16.7 Å². The minimum atomic E-state index is -0.721. The van der Waals surface area contributed by atoms with E-state index in [9.17, 15) is 14.0 Å². The Kier molecular flexibility index (Phi) is 6.51. The zero-order valence-electron chi connectivity index (χ0n) is 18.1. The lowest BCUT2D eigenvalue weighted by Crippen LogP contribution is -2.40. The molecular formula is C23H22ClFN6O3. The van der Waals surface area contributed by atoms with Gasteiger partial charge < -0.3 is 21.1 Å². The van der Waals surface area contributed by atoms with Crippen LogP contribution in [0.2, 0.25) is 5.02 Å². The number of ether oxygens (including phenoxy) is 1. The molecule has 1 atom stereocenters. The van der Waals surface area contributed by atoms with E-state index in [-0.39, 0.29) is 34.2 Å². The molecule has 0 radical (unpaired) electrons. The van der Waals surface area contributed by atoms with Gasteiger partial charge in [-0.1, -0.05) is 18.2 Å². The third-order valence-corrected chi connectivity index (χ3v) is 5.75. The van der Waals surface area contributed by atoms with Crippen molar-refractivity contribution in [2.75, 3.05) is 18.8 Å². The zero-order chi connectivity index (χ0) is 24.4. The van der Waals surface area contributed by atoms with Crippen LogP contribution in [-0.4, -0.2) is 44.6 Å². The quantitative estimate of drug-likeness (QED) is 0.514. The zero-order valence-corrected chi connectivity index (χ0v) is 18.8. The van der Waals surface area contributed by atoms with E-state index in [4.69, 9.17) is 27.8 Å². The van der Waals surface area contributed by atoms with Crippen LogP contribution in [0.3, 0.4) is 0 Å². The Bertz CT molecular complexity index is 1260. The van der Waals surface area contributed by atoms with E-state index in [1.54, 1.807) is 33.8 Å². The molecular weight excluding hydrogens is 463 g/mol. The number of likely N-dealkylation sites (tertiary alicyclic amines) is 1. The topological polar surface area (TPSA) is 129 Å². The fourth-order valence-electron chi connectivity index (χ4n) is 3.92. The molecule has 1 fully saturated rings. The number of piperidine rings is 1. The van der Waals surface area contributed by atoms with Gasteiger partial charge in [0.05, 0.1) is 11.1 Å². The summed E-state index contributed by atoms with van der Waals surface area (Å²) in [7, 11) is 0. The first-order chi connectivity index (χ1) is 16.3. The fraction of sp³-hybridized carbons (Fsp3) is 0.217. The Labute approximate surface area is 199 Å². The van der Waals surface area contributed by atoms with Crippen LogP contribution in [0.4, 0.5) is 10.2 Å². The molecule has 1 aliphatic rings. The highest BCUT2D eigenvalue weighted by Gasteiger charge is 2.29. The van der Waals surface area contributed by atoms with Crippen molar-refractivity contribution < 1.29 is 18.7 Å². The van der Waals surface area contributed by atoms with Crippen molar-refractivity contribution in [2.45, 2.75) is 18.9 Å². The maximum atomic E-state index is 14.0. The second-order valence-corrected chi connectivity index (χ2v) is 8.21. The van der Waals surface area contributed by atoms with Crippen LogP contribution in [0.1, 0.15) is 29.2 Å². The van der Waals surface area contributed by atoms with Crippen LogP contribution in [0, 0.1) is 5.82 Å². The number of benzene rings is 1. The molecule has 11 heteroatoms. The summed E-state index contributed by atoms with van der Waals surface area (Å²) in [5.41, 5.74) is 12.9. The van der Waals surface area contributed by atoms with Crippen LogP contribution in [0.5, 0.6) is 11.6 Å². The molecule has 0 spiro atoms. The number of amides is 2. The van der Waals surface area contributed by atoms with E-state index >= 15 is 0 Å². The SMILES string of the molecule is C=CC(=O)N1CCC[C@@H](n2nc(-c3ccc(Oc4ncc(Cl)cc4F)cc3)c(C(N)=O)c2N)C1. The minimum Gasteiger partial charge on any atom is -0.436 e. The van der Waals surface area contributed by atoms with Gasteiger partial charge in [0.1, 0.15) is 22.8 Å². The first kappa shape index (κ1) is 23.2. The number of hydrogen-bond acceptors (Lipinski definition) is 6. The molecule has 1 aliphatic heterocycles. The van der Waals surface area contributed by atoms with Crippen LogP contribution in [0.15, 0.2) is 49.2 Å². The van der Waals surface area contributed by atoms with Crippen LogP contribution >= 0.6 is 11.6 Å². The maximum absolute atomic E-state index is 14.0. The number of hydrogen-bond donors (Lipinski definition) is 2. The number of nitrogens with zero attached hydrogens (tertiary/aromatic N) is 4. The molecule has 0 saturated carbocycles. The van der Waals surface area contributed by atoms with E-state index < -0.39 is 11.7 Å². The number of nitrogen functional groups attached to an aromatic ring is 1. The number of halogens is 2. The second-order valence-electron chi connectivity index (χ2n) is 7.77. The van der Waals surface area contributed by atoms with E-state index in [0.29, 0.717) is 30.1 Å². The van der Waals surface area contributed by atoms with Crippen molar-refractivity contribution in [3.8, 4) is 22.9 Å². The highest BCUT2D eigenvalue weighted by atomic mass is 35.5. The van der Waals surface area contributed by atoms with Gasteiger partial charge in [-0.2, -0.15) is 5.10 Å². The van der Waals surface area contributed by atoms with Gasteiger partial charge in [-0.15, -0.1) is 0 Å². The number of primary amides is 1. The summed E-state index contributed by atoms with van der Waals surface area (Å²) in [6.45, 7) is 4.54. The third-order valence-electron chi connectivity index (χ3n) is 5.54. The van der Waals surface area contributed by atoms with E-state index in [0.717, 1.165) is 18.9 Å². The lowest BCUT2D eigenvalue weighted by molar-refractivity contribution is -0.127. The Hall–Kier alpha value is -3.92. The van der Waals surface area contributed by atoms with Crippen molar-refractivity contribution in [2.24, 2.45) is 5.73 Å². The van der Waals surface area contributed by atoms with Crippen LogP contribution in [0.25, 0.3) is 11.3 Å². The van der Waals surface area contributed by atoms with Gasteiger partial charge in [0.25, 0.3) is 11.8 Å². The predicted molar refractivity (Wildman–Crippen MR) is 125 cm³/mol. The molecule has 1 aromatic carbocycles. The summed E-state index contributed by atoms with van der Waals surface area (Å²) in [4.78, 5) is 29.8. The average Bonchev–Trinajstić information content (AvgIpc) is 3.18. The number of pyridine rings is 1. The highest BCUT2D eigenvalue weighted by Crippen LogP contribution is 2.33. The van der Waals surface area contributed by atoms with Gasteiger partial charge in [-0.3, -0.25) is 9.59 Å². The van der Waals surface area contributed by atoms with Crippen molar-refractivity contribution in [1.82, 2.24) is 19.7 Å². The average molecular weight is 485 g/mol. The normalized spacial score (nSPS) is 15.7. The Morgan fingerprint density at radius 1 is 1.29 bits per heavy atom. The summed E-state index contributed by atoms with van der Waals surface area (Å²) < 4.78 is 21.0.